The number of unbranched alkanes of at least 4 members (excludes halogenated alkanes) is 3. The molecule has 0 spiro atoms. The fraction of sp³-hybridized carbons (Fsp3) is 0.314. The highest BCUT2D eigenvalue weighted by Crippen LogP contribution is 2.38. The number of esters is 3. The maximum atomic E-state index is 12.9. The highest BCUT2D eigenvalue weighted by molar-refractivity contribution is 5.93. The number of benzene rings is 3. The topological polar surface area (TPSA) is 169 Å². The SMILES string of the molecule is Nc1cc(N)cc(C(=O)OCCCCCCOC(=O)C=Cc2ccc(OC(=O)c3ccc(NC(=O)OCCCC(F)(F)C(F)(F)F)cc3)cc2)c1. The number of rotatable bonds is 17. The van der Waals surface area contributed by atoms with E-state index in [1.807, 2.05) is 0 Å². The predicted octanol–water partition coefficient (Wildman–Crippen LogP) is 7.57. The third-order valence-corrected chi connectivity index (χ3v) is 6.88. The van der Waals surface area contributed by atoms with Gasteiger partial charge in [-0.25, -0.2) is 19.2 Å². The molecule has 0 atom stereocenters. The Balaban J connectivity index is 1.29. The van der Waals surface area contributed by atoms with Gasteiger partial charge in [-0.2, -0.15) is 22.0 Å². The Kier molecular flexibility index (Phi) is 14.8. The minimum Gasteiger partial charge on any atom is -0.463 e. The Morgan fingerprint density at radius 3 is 1.86 bits per heavy atom. The van der Waals surface area contributed by atoms with Gasteiger partial charge in [-0.3, -0.25) is 5.32 Å². The number of alkyl halides is 5. The van der Waals surface area contributed by atoms with Gasteiger partial charge in [-0.05, 0) is 98.3 Å². The second kappa shape index (κ2) is 18.9. The van der Waals surface area contributed by atoms with Crippen molar-refractivity contribution in [1.82, 2.24) is 0 Å². The Hall–Kier alpha value is -5.67. The molecule has 3 aromatic rings. The van der Waals surface area contributed by atoms with E-state index in [4.69, 9.17) is 25.7 Å². The number of carbonyl (C=O) groups excluding carboxylic acids is 4. The van der Waals surface area contributed by atoms with Crippen molar-refractivity contribution in [2.75, 3.05) is 36.6 Å². The predicted molar refractivity (Wildman–Crippen MR) is 177 cm³/mol. The standard InChI is InChI=1S/C35H36F5N3O8/c36-34(37,35(38,39)40)16-5-19-50-33(47)43-28-11-9-24(10-12-28)32(46)51-29-13-6-23(7-14-29)8-15-30(44)48-17-3-1-2-4-18-49-31(45)25-20-26(41)22-27(42)21-25/h6-15,20-22H,1-5,16-19,41-42H2,(H,43,47). The summed E-state index contributed by atoms with van der Waals surface area (Å²) < 4.78 is 82.7. The van der Waals surface area contributed by atoms with Gasteiger partial charge < -0.3 is 30.4 Å². The van der Waals surface area contributed by atoms with Crippen molar-refractivity contribution in [3.05, 3.63) is 89.5 Å². The molecule has 16 heteroatoms. The van der Waals surface area contributed by atoms with Crippen LogP contribution in [0.5, 0.6) is 5.75 Å². The number of halogens is 5. The molecule has 1 amide bonds. The number of nitrogens with two attached hydrogens (primary N) is 2. The average Bonchev–Trinajstić information content (AvgIpc) is 3.06. The summed E-state index contributed by atoms with van der Waals surface area (Å²) in [7, 11) is 0. The van der Waals surface area contributed by atoms with E-state index in [2.05, 4.69) is 10.1 Å². The molecule has 0 unspecified atom stereocenters. The Labute approximate surface area is 289 Å². The van der Waals surface area contributed by atoms with Crippen molar-refractivity contribution in [3.63, 3.8) is 0 Å². The van der Waals surface area contributed by atoms with Crippen LogP contribution in [-0.4, -0.2) is 55.9 Å². The van der Waals surface area contributed by atoms with Crippen molar-refractivity contribution in [1.29, 1.82) is 0 Å². The lowest BCUT2D eigenvalue weighted by Gasteiger charge is -2.19. The Bertz CT molecular complexity index is 1640. The van der Waals surface area contributed by atoms with Crippen LogP contribution in [-0.2, 0) is 19.0 Å². The van der Waals surface area contributed by atoms with Crippen LogP contribution in [0, 0.1) is 0 Å². The summed E-state index contributed by atoms with van der Waals surface area (Å²) in [4.78, 5) is 48.4. The molecule has 0 bridgehead atoms. The van der Waals surface area contributed by atoms with Gasteiger partial charge >= 0.3 is 36.1 Å². The van der Waals surface area contributed by atoms with E-state index in [1.165, 1.54) is 60.7 Å². The maximum Gasteiger partial charge on any atom is 0.453 e. The van der Waals surface area contributed by atoms with Gasteiger partial charge in [0.15, 0.2) is 0 Å². The number of hydrogen-bond acceptors (Lipinski definition) is 10. The number of anilines is 3. The molecule has 0 saturated carbocycles. The van der Waals surface area contributed by atoms with Crippen LogP contribution in [0.25, 0.3) is 6.08 Å². The molecule has 51 heavy (non-hydrogen) atoms. The number of nitrogens with one attached hydrogen (secondary N) is 1. The molecule has 5 N–H and O–H groups in total. The average molecular weight is 722 g/mol. The second-order valence-corrected chi connectivity index (χ2v) is 11.0. The summed E-state index contributed by atoms with van der Waals surface area (Å²) in [5, 5.41) is 2.26. The molecule has 0 aliphatic heterocycles. The first-order valence-electron chi connectivity index (χ1n) is 15.6. The molecule has 0 aliphatic carbocycles. The number of carbonyl (C=O) groups is 4. The van der Waals surface area contributed by atoms with E-state index in [-0.39, 0.29) is 30.2 Å². The van der Waals surface area contributed by atoms with Crippen LogP contribution in [0.1, 0.15) is 64.8 Å². The van der Waals surface area contributed by atoms with Crippen molar-refractivity contribution in [2.45, 2.75) is 50.6 Å². The van der Waals surface area contributed by atoms with Crippen molar-refractivity contribution in [2.24, 2.45) is 0 Å². The van der Waals surface area contributed by atoms with Crippen LogP contribution in [0.2, 0.25) is 0 Å². The van der Waals surface area contributed by atoms with Crippen molar-refractivity contribution in [3.8, 4) is 5.75 Å². The fourth-order valence-corrected chi connectivity index (χ4v) is 4.24. The minimum absolute atomic E-state index is 0.124. The lowest BCUT2D eigenvalue weighted by molar-refractivity contribution is -0.284. The molecule has 3 aromatic carbocycles. The molecule has 0 radical (unpaired) electrons. The number of hydrogen-bond donors (Lipinski definition) is 3. The van der Waals surface area contributed by atoms with E-state index in [1.54, 1.807) is 18.2 Å². The highest BCUT2D eigenvalue weighted by Gasteiger charge is 2.56. The lowest BCUT2D eigenvalue weighted by atomic mass is 10.2. The quantitative estimate of drug-likeness (QED) is 0.0240. The van der Waals surface area contributed by atoms with Gasteiger partial charge in [-0.1, -0.05) is 12.1 Å². The second-order valence-electron chi connectivity index (χ2n) is 11.0. The molecule has 11 nitrogen and oxygen atoms in total. The van der Waals surface area contributed by atoms with Crippen LogP contribution < -0.4 is 21.5 Å². The summed E-state index contributed by atoms with van der Waals surface area (Å²) in [6, 6.07) is 16.1. The third-order valence-electron chi connectivity index (χ3n) is 6.88. The van der Waals surface area contributed by atoms with Gasteiger partial charge in [0.25, 0.3) is 0 Å². The van der Waals surface area contributed by atoms with Crippen molar-refractivity contribution >= 4 is 47.1 Å². The van der Waals surface area contributed by atoms with Gasteiger partial charge in [0.1, 0.15) is 5.75 Å². The summed E-state index contributed by atoms with van der Waals surface area (Å²) in [5.74, 6) is -6.41. The zero-order valence-electron chi connectivity index (χ0n) is 27.2. The summed E-state index contributed by atoms with van der Waals surface area (Å²) in [5.41, 5.74) is 13.3. The summed E-state index contributed by atoms with van der Waals surface area (Å²) in [6.07, 6.45) is -3.37. The number of ether oxygens (including phenoxy) is 4. The van der Waals surface area contributed by atoms with E-state index in [0.717, 1.165) is 12.8 Å². The highest BCUT2D eigenvalue weighted by atomic mass is 19.4. The first-order valence-corrected chi connectivity index (χ1v) is 15.6. The molecule has 0 aromatic heterocycles. The van der Waals surface area contributed by atoms with Crippen molar-refractivity contribution < 1.29 is 60.1 Å². The van der Waals surface area contributed by atoms with Gasteiger partial charge in [0.2, 0.25) is 0 Å². The number of amides is 1. The van der Waals surface area contributed by atoms with Crippen LogP contribution in [0.4, 0.5) is 43.8 Å². The third kappa shape index (κ3) is 14.0. The zero-order chi connectivity index (χ0) is 37.4. The monoisotopic (exact) mass is 721 g/mol. The Morgan fingerprint density at radius 1 is 0.667 bits per heavy atom. The minimum atomic E-state index is -5.68. The first kappa shape index (κ1) is 39.8. The first-order chi connectivity index (χ1) is 24.1. The van der Waals surface area contributed by atoms with Crippen LogP contribution in [0.15, 0.2) is 72.8 Å². The largest absolute Gasteiger partial charge is 0.463 e. The smallest absolute Gasteiger partial charge is 0.453 e. The lowest BCUT2D eigenvalue weighted by Crippen LogP contribution is -2.36. The van der Waals surface area contributed by atoms with Crippen LogP contribution in [0.3, 0.4) is 0 Å². The normalized spacial score (nSPS) is 11.5. The van der Waals surface area contributed by atoms with Gasteiger partial charge in [0, 0.05) is 29.6 Å². The molecule has 0 heterocycles. The zero-order valence-corrected chi connectivity index (χ0v) is 27.2. The van der Waals surface area contributed by atoms with E-state index >= 15 is 0 Å². The molecule has 0 fully saturated rings. The fourth-order valence-electron chi connectivity index (χ4n) is 4.24. The van der Waals surface area contributed by atoms with E-state index < -0.39 is 55.5 Å². The van der Waals surface area contributed by atoms with Crippen LogP contribution >= 0.6 is 0 Å². The molecule has 0 saturated heterocycles. The summed E-state index contributed by atoms with van der Waals surface area (Å²) >= 11 is 0. The molecule has 3 rings (SSSR count). The molecule has 274 valence electrons. The van der Waals surface area contributed by atoms with Gasteiger partial charge in [-0.15, -0.1) is 0 Å². The van der Waals surface area contributed by atoms with E-state index in [9.17, 15) is 41.1 Å². The summed E-state index contributed by atoms with van der Waals surface area (Å²) in [6.45, 7) is -0.199. The van der Waals surface area contributed by atoms with Gasteiger partial charge in [0.05, 0.1) is 30.9 Å². The molecular formula is C35H36F5N3O8. The Morgan fingerprint density at radius 2 is 1.25 bits per heavy atom. The maximum absolute atomic E-state index is 12.9. The number of nitrogen functional groups attached to an aromatic ring is 2. The molecular weight excluding hydrogens is 685 g/mol. The molecule has 0 aliphatic rings. The van der Waals surface area contributed by atoms with E-state index in [0.29, 0.717) is 35.3 Å².